The molecule has 1 N–H and O–H groups in total. The molecule has 0 aliphatic rings. The zero-order valence-corrected chi connectivity index (χ0v) is 11.6. The molecule has 6 heteroatoms. The summed E-state index contributed by atoms with van der Waals surface area (Å²) in [6.45, 7) is 5.57. The van der Waals surface area contributed by atoms with E-state index in [-0.39, 0.29) is 21.8 Å². The summed E-state index contributed by atoms with van der Waals surface area (Å²) in [5.41, 5.74) is -0.900. The van der Waals surface area contributed by atoms with Crippen LogP contribution < -0.4 is 0 Å². The molecule has 0 radical (unpaired) electrons. The highest BCUT2D eigenvalue weighted by Gasteiger charge is 2.21. The lowest BCUT2D eigenvalue weighted by Crippen LogP contribution is -2.10. The highest BCUT2D eigenvalue weighted by Crippen LogP contribution is 2.30. The average Bonchev–Trinajstić information content (AvgIpc) is 2.18. The number of rotatable bonds is 3. The van der Waals surface area contributed by atoms with Crippen LogP contribution >= 0.6 is 11.8 Å². The molecule has 1 aromatic carbocycles. The molecule has 104 valence electrons. The summed E-state index contributed by atoms with van der Waals surface area (Å²) in [4.78, 5) is 22.3. The molecule has 0 saturated carbocycles. The maximum Gasteiger partial charge on any atom is 0.338 e. The van der Waals surface area contributed by atoms with Gasteiger partial charge in [0.2, 0.25) is 0 Å². The fraction of sp³-hybridized carbons (Fsp3) is 0.385. The summed E-state index contributed by atoms with van der Waals surface area (Å²) in [5.74, 6) is -3.59. The number of benzene rings is 1. The molecule has 0 aliphatic heterocycles. The Morgan fingerprint density at radius 2 is 1.79 bits per heavy atom. The molecule has 0 unspecified atom stereocenters. The molecule has 0 amide bonds. The van der Waals surface area contributed by atoms with Crippen molar-refractivity contribution in [3.05, 3.63) is 29.3 Å². The lowest BCUT2D eigenvalue weighted by molar-refractivity contribution is -0.112. The summed E-state index contributed by atoms with van der Waals surface area (Å²) in [6.07, 6.45) is 0.205. The van der Waals surface area contributed by atoms with Crippen LogP contribution in [0.4, 0.5) is 8.78 Å². The zero-order valence-electron chi connectivity index (χ0n) is 10.8. The second kappa shape index (κ2) is 5.69. The highest BCUT2D eigenvalue weighted by molar-refractivity contribution is 8.13. The Kier molecular flexibility index (Phi) is 4.68. The molecule has 1 aromatic rings. The molecule has 3 nitrogen and oxygen atoms in total. The molecular formula is C13H14F2O3S. The summed E-state index contributed by atoms with van der Waals surface area (Å²) < 4.78 is 26.7. The van der Waals surface area contributed by atoms with Crippen LogP contribution in [0.15, 0.2) is 17.0 Å². The number of thioether (sulfide) groups is 1. The van der Waals surface area contributed by atoms with Crippen molar-refractivity contribution in [2.24, 2.45) is 5.41 Å². The number of carbonyl (C=O) groups is 2. The summed E-state index contributed by atoms with van der Waals surface area (Å²) >= 11 is 0.593. The van der Waals surface area contributed by atoms with Crippen molar-refractivity contribution in [2.75, 3.05) is 0 Å². The minimum atomic E-state index is -1.50. The molecule has 0 saturated heterocycles. The fourth-order valence-electron chi connectivity index (χ4n) is 1.36. The first-order valence-corrected chi connectivity index (χ1v) is 6.35. The lowest BCUT2D eigenvalue weighted by atomic mass is 9.93. The monoisotopic (exact) mass is 288 g/mol. The Hall–Kier alpha value is -1.43. The van der Waals surface area contributed by atoms with Crippen molar-refractivity contribution >= 4 is 22.8 Å². The number of carboxylic acid groups (broad SMARTS) is 1. The molecule has 0 aromatic heterocycles. The minimum Gasteiger partial charge on any atom is -0.478 e. The van der Waals surface area contributed by atoms with Crippen molar-refractivity contribution in [3.8, 4) is 0 Å². The van der Waals surface area contributed by atoms with E-state index in [9.17, 15) is 18.4 Å². The Balaban J connectivity index is 2.99. The number of hydrogen-bond donors (Lipinski definition) is 1. The predicted molar refractivity (Wildman–Crippen MR) is 68.3 cm³/mol. The first kappa shape index (κ1) is 15.6. The van der Waals surface area contributed by atoms with E-state index < -0.39 is 23.2 Å². The van der Waals surface area contributed by atoms with Crippen molar-refractivity contribution in [3.63, 3.8) is 0 Å². The first-order valence-electron chi connectivity index (χ1n) is 5.53. The third kappa shape index (κ3) is 4.63. The van der Waals surface area contributed by atoms with Crippen molar-refractivity contribution in [1.82, 2.24) is 0 Å². The Morgan fingerprint density at radius 3 is 2.26 bits per heavy atom. The fourth-order valence-corrected chi connectivity index (χ4v) is 2.45. The van der Waals surface area contributed by atoms with E-state index in [1.807, 2.05) is 20.8 Å². The van der Waals surface area contributed by atoms with Gasteiger partial charge in [-0.25, -0.2) is 13.6 Å². The number of hydrogen-bond acceptors (Lipinski definition) is 3. The number of aromatic carboxylic acids is 1. The second-order valence-corrected chi connectivity index (χ2v) is 6.38. The van der Waals surface area contributed by atoms with Gasteiger partial charge in [0.1, 0.15) is 11.6 Å². The third-order valence-electron chi connectivity index (χ3n) is 2.15. The topological polar surface area (TPSA) is 54.4 Å². The maximum absolute atomic E-state index is 13.5. The van der Waals surface area contributed by atoms with Gasteiger partial charge in [0, 0.05) is 12.5 Å². The van der Waals surface area contributed by atoms with Gasteiger partial charge in [-0.1, -0.05) is 20.8 Å². The van der Waals surface area contributed by atoms with Crippen LogP contribution in [0.1, 0.15) is 37.6 Å². The second-order valence-electron chi connectivity index (χ2n) is 5.28. The van der Waals surface area contributed by atoms with Gasteiger partial charge in [0.25, 0.3) is 0 Å². The van der Waals surface area contributed by atoms with E-state index in [1.165, 1.54) is 0 Å². The van der Waals surface area contributed by atoms with Gasteiger partial charge in [-0.3, -0.25) is 4.79 Å². The average molecular weight is 288 g/mol. The van der Waals surface area contributed by atoms with E-state index >= 15 is 0 Å². The van der Waals surface area contributed by atoms with Crippen LogP contribution in [0.2, 0.25) is 0 Å². The standard InChI is InChI=1S/C13H14F2O3S/c1-13(2,3)6-11(16)19-10-4-7(12(17)18)8(14)5-9(10)15/h4-5H,6H2,1-3H3,(H,17,18). The molecular weight excluding hydrogens is 274 g/mol. The third-order valence-corrected chi connectivity index (χ3v) is 3.06. The van der Waals surface area contributed by atoms with Gasteiger partial charge >= 0.3 is 5.97 Å². The van der Waals surface area contributed by atoms with Gasteiger partial charge in [-0.15, -0.1) is 0 Å². The van der Waals surface area contributed by atoms with E-state index in [2.05, 4.69) is 0 Å². The van der Waals surface area contributed by atoms with Crippen molar-refractivity contribution in [1.29, 1.82) is 0 Å². The van der Waals surface area contributed by atoms with Crippen LogP contribution in [0.25, 0.3) is 0 Å². The Labute approximate surface area is 114 Å². The Bertz CT molecular complexity index is 521. The van der Waals surface area contributed by atoms with E-state index in [0.717, 1.165) is 6.07 Å². The van der Waals surface area contributed by atoms with Crippen LogP contribution in [0.5, 0.6) is 0 Å². The largest absolute Gasteiger partial charge is 0.478 e. The van der Waals surface area contributed by atoms with Gasteiger partial charge in [-0.2, -0.15) is 0 Å². The van der Waals surface area contributed by atoms with E-state index in [0.29, 0.717) is 17.8 Å². The van der Waals surface area contributed by atoms with Gasteiger partial charge in [-0.05, 0) is 23.2 Å². The lowest BCUT2D eigenvalue weighted by Gasteiger charge is -2.16. The number of carboxylic acids is 1. The van der Waals surface area contributed by atoms with Crippen molar-refractivity contribution in [2.45, 2.75) is 32.1 Å². The molecule has 0 spiro atoms. The first-order chi connectivity index (χ1) is 8.60. The molecule has 0 fully saturated rings. The smallest absolute Gasteiger partial charge is 0.338 e. The number of halogens is 2. The summed E-state index contributed by atoms with van der Waals surface area (Å²) in [5, 5.41) is 8.45. The van der Waals surface area contributed by atoms with E-state index in [1.54, 1.807) is 0 Å². The molecule has 0 bridgehead atoms. The van der Waals surface area contributed by atoms with Crippen molar-refractivity contribution < 1.29 is 23.5 Å². The maximum atomic E-state index is 13.5. The number of carbonyl (C=O) groups excluding carboxylic acids is 1. The summed E-state index contributed by atoms with van der Waals surface area (Å²) in [7, 11) is 0. The quantitative estimate of drug-likeness (QED) is 0.861. The van der Waals surface area contributed by atoms with Crippen LogP contribution in [-0.2, 0) is 4.79 Å². The van der Waals surface area contributed by atoms with Crippen LogP contribution in [0, 0.1) is 17.0 Å². The molecule has 19 heavy (non-hydrogen) atoms. The zero-order chi connectivity index (χ0) is 14.8. The van der Waals surface area contributed by atoms with Crippen LogP contribution in [0.3, 0.4) is 0 Å². The molecule has 1 rings (SSSR count). The SMILES string of the molecule is CC(C)(C)CC(=O)Sc1cc(C(=O)O)c(F)cc1F. The van der Waals surface area contributed by atoms with Gasteiger partial charge < -0.3 is 5.11 Å². The van der Waals surface area contributed by atoms with Crippen LogP contribution in [-0.4, -0.2) is 16.2 Å². The van der Waals surface area contributed by atoms with Gasteiger partial charge in [0.15, 0.2) is 5.12 Å². The molecule has 0 heterocycles. The minimum absolute atomic E-state index is 0.173. The molecule has 0 atom stereocenters. The normalized spacial score (nSPS) is 11.4. The van der Waals surface area contributed by atoms with Gasteiger partial charge in [0.05, 0.1) is 10.5 Å². The van der Waals surface area contributed by atoms with E-state index in [4.69, 9.17) is 5.11 Å². The highest BCUT2D eigenvalue weighted by atomic mass is 32.2. The molecule has 0 aliphatic carbocycles. The Morgan fingerprint density at radius 1 is 1.21 bits per heavy atom. The summed E-state index contributed by atoms with van der Waals surface area (Å²) in [6, 6.07) is 1.33. The predicted octanol–water partition coefficient (Wildman–Crippen LogP) is 3.72.